The van der Waals surface area contributed by atoms with Crippen LogP contribution in [0.2, 0.25) is 0 Å². The predicted octanol–water partition coefficient (Wildman–Crippen LogP) is 5.10. The van der Waals surface area contributed by atoms with Gasteiger partial charge in [0.15, 0.2) is 0 Å². The Labute approximate surface area is 154 Å². The highest BCUT2D eigenvalue weighted by Crippen LogP contribution is 2.27. The molecule has 1 aliphatic rings. The number of anilines is 3. The standard InChI is InChI=1S/C22H24N4/c1-16-10-11-19(17(2)14-16)23-22-24-20(18-8-4-3-5-9-18)15-21(25-22)26-12-6-7-13-26/h3-5,8-11,14-15H,6-7,12-13H2,1-2H3,(H,23,24,25). The highest BCUT2D eigenvalue weighted by atomic mass is 15.2. The van der Waals surface area contributed by atoms with Crippen molar-refractivity contribution in [1.29, 1.82) is 0 Å². The average molecular weight is 344 g/mol. The molecule has 1 aliphatic heterocycles. The van der Waals surface area contributed by atoms with Gasteiger partial charge in [-0.15, -0.1) is 0 Å². The van der Waals surface area contributed by atoms with Crippen molar-refractivity contribution in [3.8, 4) is 11.3 Å². The number of hydrogen-bond donors (Lipinski definition) is 1. The zero-order chi connectivity index (χ0) is 17.9. The van der Waals surface area contributed by atoms with Crippen LogP contribution in [0.25, 0.3) is 11.3 Å². The van der Waals surface area contributed by atoms with Crippen LogP contribution in [0.1, 0.15) is 24.0 Å². The molecule has 4 nitrogen and oxygen atoms in total. The van der Waals surface area contributed by atoms with Gasteiger partial charge in [-0.3, -0.25) is 0 Å². The summed E-state index contributed by atoms with van der Waals surface area (Å²) in [6.45, 7) is 6.34. The zero-order valence-corrected chi connectivity index (χ0v) is 15.4. The largest absolute Gasteiger partial charge is 0.356 e. The van der Waals surface area contributed by atoms with Crippen LogP contribution in [-0.4, -0.2) is 23.1 Å². The normalized spacial score (nSPS) is 13.8. The van der Waals surface area contributed by atoms with E-state index in [1.807, 2.05) is 18.2 Å². The summed E-state index contributed by atoms with van der Waals surface area (Å²) in [5.74, 6) is 1.66. The Morgan fingerprint density at radius 2 is 1.65 bits per heavy atom. The zero-order valence-electron chi connectivity index (χ0n) is 15.4. The number of benzene rings is 2. The highest BCUT2D eigenvalue weighted by molar-refractivity contribution is 5.67. The van der Waals surface area contributed by atoms with Crippen molar-refractivity contribution in [2.45, 2.75) is 26.7 Å². The first kappa shape index (κ1) is 16.6. The lowest BCUT2D eigenvalue weighted by Crippen LogP contribution is -2.19. The molecule has 26 heavy (non-hydrogen) atoms. The van der Waals surface area contributed by atoms with Crippen LogP contribution in [-0.2, 0) is 0 Å². The first-order valence-electron chi connectivity index (χ1n) is 9.23. The lowest BCUT2D eigenvalue weighted by Gasteiger charge is -2.19. The Morgan fingerprint density at radius 1 is 0.885 bits per heavy atom. The molecule has 1 saturated heterocycles. The maximum absolute atomic E-state index is 4.80. The van der Waals surface area contributed by atoms with E-state index in [0.717, 1.165) is 35.9 Å². The summed E-state index contributed by atoms with van der Waals surface area (Å²) in [5.41, 5.74) is 5.56. The SMILES string of the molecule is Cc1ccc(Nc2nc(-c3ccccc3)cc(N3CCCC3)n2)c(C)c1. The molecule has 0 saturated carbocycles. The molecule has 0 amide bonds. The van der Waals surface area contributed by atoms with E-state index in [1.54, 1.807) is 0 Å². The van der Waals surface area contributed by atoms with Gasteiger partial charge in [-0.25, -0.2) is 4.98 Å². The van der Waals surface area contributed by atoms with Crippen molar-refractivity contribution in [3.05, 3.63) is 65.7 Å². The first-order valence-corrected chi connectivity index (χ1v) is 9.23. The molecule has 0 bridgehead atoms. The van der Waals surface area contributed by atoms with Gasteiger partial charge in [0.2, 0.25) is 5.95 Å². The predicted molar refractivity (Wildman–Crippen MR) is 108 cm³/mol. The van der Waals surface area contributed by atoms with E-state index in [0.29, 0.717) is 5.95 Å². The average Bonchev–Trinajstić information content (AvgIpc) is 3.19. The van der Waals surface area contributed by atoms with Crippen LogP contribution in [0.15, 0.2) is 54.6 Å². The first-order chi connectivity index (χ1) is 12.7. The van der Waals surface area contributed by atoms with Gasteiger partial charge in [0.25, 0.3) is 0 Å². The molecule has 0 atom stereocenters. The van der Waals surface area contributed by atoms with Gasteiger partial charge in [0.1, 0.15) is 5.82 Å². The van der Waals surface area contributed by atoms with Crippen LogP contribution < -0.4 is 10.2 Å². The molecule has 1 aromatic heterocycles. The summed E-state index contributed by atoms with van der Waals surface area (Å²) in [6, 6.07) is 18.8. The molecule has 132 valence electrons. The van der Waals surface area contributed by atoms with E-state index in [2.05, 4.69) is 60.5 Å². The molecule has 2 heterocycles. The van der Waals surface area contributed by atoms with E-state index in [1.165, 1.54) is 24.0 Å². The van der Waals surface area contributed by atoms with Crippen molar-refractivity contribution in [2.75, 3.05) is 23.3 Å². The molecule has 0 aliphatic carbocycles. The molecule has 0 spiro atoms. The van der Waals surface area contributed by atoms with Crippen molar-refractivity contribution >= 4 is 17.5 Å². The second-order valence-corrected chi connectivity index (χ2v) is 6.94. The summed E-state index contributed by atoms with van der Waals surface area (Å²) in [6.07, 6.45) is 2.45. The monoisotopic (exact) mass is 344 g/mol. The van der Waals surface area contributed by atoms with E-state index in [4.69, 9.17) is 9.97 Å². The lowest BCUT2D eigenvalue weighted by molar-refractivity contribution is 0.931. The third-order valence-electron chi connectivity index (χ3n) is 4.84. The van der Waals surface area contributed by atoms with Crippen molar-refractivity contribution in [3.63, 3.8) is 0 Å². The summed E-state index contributed by atoms with van der Waals surface area (Å²) in [5, 5.41) is 3.42. The number of rotatable bonds is 4. The second kappa shape index (κ2) is 7.16. The quantitative estimate of drug-likeness (QED) is 0.714. The minimum absolute atomic E-state index is 0.653. The fourth-order valence-electron chi connectivity index (χ4n) is 3.43. The highest BCUT2D eigenvalue weighted by Gasteiger charge is 2.16. The fraction of sp³-hybridized carbons (Fsp3) is 0.273. The van der Waals surface area contributed by atoms with E-state index < -0.39 is 0 Å². The Balaban J connectivity index is 1.74. The van der Waals surface area contributed by atoms with E-state index in [-0.39, 0.29) is 0 Å². The van der Waals surface area contributed by atoms with Crippen molar-refractivity contribution in [1.82, 2.24) is 9.97 Å². The van der Waals surface area contributed by atoms with Crippen molar-refractivity contribution < 1.29 is 0 Å². The molecular formula is C22H24N4. The minimum Gasteiger partial charge on any atom is -0.356 e. The third-order valence-corrected chi connectivity index (χ3v) is 4.84. The molecule has 3 aromatic rings. The maximum Gasteiger partial charge on any atom is 0.229 e. The summed E-state index contributed by atoms with van der Waals surface area (Å²) in [7, 11) is 0. The van der Waals surface area contributed by atoms with Gasteiger partial charge in [-0.05, 0) is 38.3 Å². The Morgan fingerprint density at radius 3 is 2.38 bits per heavy atom. The molecular weight excluding hydrogens is 320 g/mol. The van der Waals surface area contributed by atoms with Crippen LogP contribution >= 0.6 is 0 Å². The fourth-order valence-corrected chi connectivity index (χ4v) is 3.43. The van der Waals surface area contributed by atoms with Crippen LogP contribution in [0, 0.1) is 13.8 Å². The van der Waals surface area contributed by atoms with Gasteiger partial charge in [-0.2, -0.15) is 4.98 Å². The number of aryl methyl sites for hydroxylation is 2. The number of nitrogens with zero attached hydrogens (tertiary/aromatic N) is 3. The molecule has 1 fully saturated rings. The molecule has 0 unspecified atom stereocenters. The van der Waals surface area contributed by atoms with Gasteiger partial charge < -0.3 is 10.2 Å². The van der Waals surface area contributed by atoms with Crippen LogP contribution in [0.3, 0.4) is 0 Å². The van der Waals surface area contributed by atoms with E-state index in [9.17, 15) is 0 Å². The van der Waals surface area contributed by atoms with Gasteiger partial charge in [0, 0.05) is 30.4 Å². The van der Waals surface area contributed by atoms with Crippen molar-refractivity contribution in [2.24, 2.45) is 0 Å². The van der Waals surface area contributed by atoms with Crippen LogP contribution in [0.4, 0.5) is 17.5 Å². The summed E-state index contributed by atoms with van der Waals surface area (Å²) < 4.78 is 0. The molecule has 4 rings (SSSR count). The maximum atomic E-state index is 4.80. The van der Waals surface area contributed by atoms with Gasteiger partial charge in [0.05, 0.1) is 5.69 Å². The molecule has 2 aromatic carbocycles. The Kier molecular flexibility index (Phi) is 4.57. The minimum atomic E-state index is 0.653. The second-order valence-electron chi connectivity index (χ2n) is 6.94. The topological polar surface area (TPSA) is 41.1 Å². The smallest absolute Gasteiger partial charge is 0.229 e. The lowest BCUT2D eigenvalue weighted by atomic mass is 10.1. The Hall–Kier alpha value is -2.88. The molecule has 4 heteroatoms. The number of nitrogens with one attached hydrogen (secondary N) is 1. The summed E-state index contributed by atoms with van der Waals surface area (Å²) >= 11 is 0. The van der Waals surface area contributed by atoms with Crippen LogP contribution in [0.5, 0.6) is 0 Å². The van der Waals surface area contributed by atoms with E-state index >= 15 is 0 Å². The molecule has 1 N–H and O–H groups in total. The Bertz CT molecular complexity index is 899. The van der Waals surface area contributed by atoms with Gasteiger partial charge in [-0.1, -0.05) is 48.0 Å². The third kappa shape index (κ3) is 3.54. The number of hydrogen-bond acceptors (Lipinski definition) is 4. The number of aromatic nitrogens is 2. The summed E-state index contributed by atoms with van der Waals surface area (Å²) in [4.78, 5) is 11.9. The van der Waals surface area contributed by atoms with Gasteiger partial charge >= 0.3 is 0 Å². The molecule has 0 radical (unpaired) electrons.